The average molecular weight is 275 g/mol. The quantitative estimate of drug-likeness (QED) is 0.558. The van der Waals surface area contributed by atoms with E-state index in [2.05, 4.69) is 6.92 Å². The molecule has 4 heteroatoms. The number of alkyl halides is 1. The third kappa shape index (κ3) is 4.68. The van der Waals surface area contributed by atoms with Crippen molar-refractivity contribution in [2.24, 2.45) is 0 Å². The summed E-state index contributed by atoms with van der Waals surface area (Å²) in [6, 6.07) is 8.96. The van der Waals surface area contributed by atoms with Crippen LogP contribution in [0.4, 0.5) is 0 Å². The standard InChI is InChI=1S/C13H19ClO2S/c1-2-3-4-8-11-17(15,16)13(14)12-9-6-5-7-10-12/h5-7,9-10,13H,2-4,8,11H2,1H3. The maximum Gasteiger partial charge on any atom is 0.171 e. The van der Waals surface area contributed by atoms with E-state index in [1.54, 1.807) is 24.3 Å². The summed E-state index contributed by atoms with van der Waals surface area (Å²) in [6.07, 6.45) is 3.83. The van der Waals surface area contributed by atoms with Crippen LogP contribution in [0.3, 0.4) is 0 Å². The highest BCUT2D eigenvalue weighted by Crippen LogP contribution is 2.27. The molecule has 1 unspecified atom stereocenters. The average Bonchev–Trinajstić information content (AvgIpc) is 2.35. The van der Waals surface area contributed by atoms with Crippen molar-refractivity contribution in [3.05, 3.63) is 35.9 Å². The summed E-state index contributed by atoms with van der Waals surface area (Å²) in [4.78, 5) is 0. The number of rotatable bonds is 7. The Labute approximate surface area is 109 Å². The predicted octanol–water partition coefficient (Wildman–Crippen LogP) is 3.92. The van der Waals surface area contributed by atoms with Crippen molar-refractivity contribution in [1.29, 1.82) is 0 Å². The van der Waals surface area contributed by atoms with Gasteiger partial charge in [0.1, 0.15) is 0 Å². The van der Waals surface area contributed by atoms with Gasteiger partial charge >= 0.3 is 0 Å². The Morgan fingerprint density at radius 3 is 2.35 bits per heavy atom. The molecular formula is C13H19ClO2S. The molecule has 1 aromatic carbocycles. The van der Waals surface area contributed by atoms with Gasteiger partial charge in [-0.25, -0.2) is 8.42 Å². The molecule has 1 rings (SSSR count). The molecule has 0 saturated carbocycles. The van der Waals surface area contributed by atoms with Gasteiger partial charge in [-0.2, -0.15) is 0 Å². The molecule has 17 heavy (non-hydrogen) atoms. The summed E-state index contributed by atoms with van der Waals surface area (Å²) in [7, 11) is -3.23. The molecule has 0 N–H and O–H groups in total. The summed E-state index contributed by atoms with van der Waals surface area (Å²) in [5.41, 5.74) is 0.657. The Kier molecular flexibility index (Phi) is 6.00. The van der Waals surface area contributed by atoms with Gasteiger partial charge in [0.2, 0.25) is 0 Å². The fourth-order valence-corrected chi connectivity index (χ4v) is 3.44. The molecule has 0 aliphatic carbocycles. The Hall–Kier alpha value is -0.540. The van der Waals surface area contributed by atoms with Crippen LogP contribution in [0.2, 0.25) is 0 Å². The summed E-state index contributed by atoms with van der Waals surface area (Å²) >= 11 is 6.02. The molecule has 0 spiro atoms. The van der Waals surface area contributed by atoms with Gasteiger partial charge in [-0.05, 0) is 12.0 Å². The number of halogens is 1. The van der Waals surface area contributed by atoms with Crippen LogP contribution in [0, 0.1) is 0 Å². The van der Waals surface area contributed by atoms with E-state index in [4.69, 9.17) is 11.6 Å². The van der Waals surface area contributed by atoms with E-state index >= 15 is 0 Å². The Morgan fingerprint density at radius 1 is 1.12 bits per heavy atom. The molecule has 1 atom stereocenters. The first kappa shape index (κ1) is 14.5. The van der Waals surface area contributed by atoms with Crippen molar-refractivity contribution in [3.63, 3.8) is 0 Å². The minimum atomic E-state index is -3.23. The molecule has 1 aromatic rings. The summed E-state index contributed by atoms with van der Waals surface area (Å²) in [6.45, 7) is 2.10. The maximum absolute atomic E-state index is 12.0. The molecule has 0 heterocycles. The second kappa shape index (κ2) is 7.02. The van der Waals surface area contributed by atoms with E-state index < -0.39 is 14.5 Å². The van der Waals surface area contributed by atoms with E-state index in [1.165, 1.54) is 0 Å². The molecule has 96 valence electrons. The number of sulfone groups is 1. The Morgan fingerprint density at radius 2 is 1.76 bits per heavy atom. The molecule has 0 aliphatic rings. The number of hydrogen-bond donors (Lipinski definition) is 0. The van der Waals surface area contributed by atoms with Crippen LogP contribution < -0.4 is 0 Å². The van der Waals surface area contributed by atoms with Gasteiger partial charge in [0.05, 0.1) is 5.75 Å². The van der Waals surface area contributed by atoms with Crippen LogP contribution in [0.1, 0.15) is 42.9 Å². The molecule has 0 aliphatic heterocycles. The van der Waals surface area contributed by atoms with Crippen LogP contribution in [0.25, 0.3) is 0 Å². The fraction of sp³-hybridized carbons (Fsp3) is 0.538. The van der Waals surface area contributed by atoms with Crippen LogP contribution >= 0.6 is 11.6 Å². The lowest BCUT2D eigenvalue weighted by atomic mass is 10.2. The van der Waals surface area contributed by atoms with Gasteiger partial charge in [-0.15, -0.1) is 11.6 Å². The minimum absolute atomic E-state index is 0.177. The molecule has 0 saturated heterocycles. The van der Waals surface area contributed by atoms with Crippen LogP contribution in [0.5, 0.6) is 0 Å². The van der Waals surface area contributed by atoms with Gasteiger partial charge in [0, 0.05) is 0 Å². The van der Waals surface area contributed by atoms with Crippen molar-refractivity contribution >= 4 is 21.4 Å². The van der Waals surface area contributed by atoms with Crippen molar-refractivity contribution < 1.29 is 8.42 Å². The van der Waals surface area contributed by atoms with Crippen LogP contribution in [-0.2, 0) is 9.84 Å². The third-order valence-corrected chi connectivity index (χ3v) is 5.49. The molecule has 0 amide bonds. The molecule has 0 fully saturated rings. The monoisotopic (exact) mass is 274 g/mol. The van der Waals surface area contributed by atoms with Crippen molar-refractivity contribution in [2.45, 2.75) is 37.3 Å². The topological polar surface area (TPSA) is 34.1 Å². The predicted molar refractivity (Wildman–Crippen MR) is 73.0 cm³/mol. The first-order valence-electron chi connectivity index (χ1n) is 5.98. The van der Waals surface area contributed by atoms with E-state index in [0.717, 1.165) is 19.3 Å². The highest BCUT2D eigenvalue weighted by molar-refractivity contribution is 7.92. The first-order chi connectivity index (χ1) is 8.08. The fourth-order valence-electron chi connectivity index (χ4n) is 1.65. The lowest BCUT2D eigenvalue weighted by molar-refractivity contribution is 0.586. The first-order valence-corrected chi connectivity index (χ1v) is 8.13. The zero-order valence-corrected chi connectivity index (χ0v) is 11.7. The highest BCUT2D eigenvalue weighted by atomic mass is 35.5. The Balaban J connectivity index is 2.58. The molecule has 0 aromatic heterocycles. The zero-order valence-electron chi connectivity index (χ0n) is 10.1. The second-order valence-electron chi connectivity index (χ2n) is 4.15. The minimum Gasteiger partial charge on any atom is -0.227 e. The Bertz CT molecular complexity index is 414. The molecular weight excluding hydrogens is 256 g/mol. The molecule has 2 nitrogen and oxygen atoms in total. The van der Waals surface area contributed by atoms with Crippen LogP contribution in [0.15, 0.2) is 30.3 Å². The summed E-state index contributed by atoms with van der Waals surface area (Å²) < 4.78 is 23.0. The lowest BCUT2D eigenvalue weighted by Crippen LogP contribution is -2.12. The van der Waals surface area contributed by atoms with Crippen molar-refractivity contribution in [3.8, 4) is 0 Å². The largest absolute Gasteiger partial charge is 0.227 e. The van der Waals surface area contributed by atoms with Crippen LogP contribution in [-0.4, -0.2) is 14.2 Å². The van der Waals surface area contributed by atoms with Gasteiger partial charge in [0.15, 0.2) is 14.5 Å². The summed E-state index contributed by atoms with van der Waals surface area (Å²) in [5, 5.41) is 0. The zero-order chi connectivity index (χ0) is 12.7. The van der Waals surface area contributed by atoms with Crippen molar-refractivity contribution in [2.75, 3.05) is 5.75 Å². The third-order valence-electron chi connectivity index (χ3n) is 2.66. The second-order valence-corrected chi connectivity index (χ2v) is 7.05. The van der Waals surface area contributed by atoms with E-state index in [-0.39, 0.29) is 5.75 Å². The van der Waals surface area contributed by atoms with Gasteiger partial charge < -0.3 is 0 Å². The van der Waals surface area contributed by atoms with Gasteiger partial charge in [-0.3, -0.25) is 0 Å². The van der Waals surface area contributed by atoms with Gasteiger partial charge in [-0.1, -0.05) is 56.5 Å². The highest BCUT2D eigenvalue weighted by Gasteiger charge is 2.23. The van der Waals surface area contributed by atoms with Gasteiger partial charge in [0.25, 0.3) is 0 Å². The summed E-state index contributed by atoms with van der Waals surface area (Å²) in [5.74, 6) is 0.177. The SMILES string of the molecule is CCCCCCS(=O)(=O)C(Cl)c1ccccc1. The smallest absolute Gasteiger partial charge is 0.171 e. The molecule has 0 bridgehead atoms. The van der Waals surface area contributed by atoms with E-state index in [1.807, 2.05) is 6.07 Å². The number of hydrogen-bond acceptors (Lipinski definition) is 2. The number of benzene rings is 1. The molecule has 0 radical (unpaired) electrons. The van der Waals surface area contributed by atoms with E-state index in [0.29, 0.717) is 12.0 Å². The lowest BCUT2D eigenvalue weighted by Gasteiger charge is -2.11. The van der Waals surface area contributed by atoms with E-state index in [9.17, 15) is 8.42 Å². The number of unbranched alkanes of at least 4 members (excludes halogenated alkanes) is 3. The maximum atomic E-state index is 12.0. The normalized spacial score (nSPS) is 13.5. The van der Waals surface area contributed by atoms with Crippen molar-refractivity contribution in [1.82, 2.24) is 0 Å².